The van der Waals surface area contributed by atoms with Gasteiger partial charge in [-0.05, 0) is 25.8 Å². The smallest absolute Gasteiger partial charge is 0.324 e. The SMILES string of the molecule is CC(N)C1(c2ccc([N+](=O)[O-])s2)CC1. The molecule has 2 N–H and O–H groups in total. The fourth-order valence-electron chi connectivity index (χ4n) is 1.75. The second-order valence-electron chi connectivity index (χ2n) is 3.84. The van der Waals surface area contributed by atoms with Crippen molar-refractivity contribution in [2.24, 2.45) is 5.73 Å². The maximum atomic E-state index is 10.5. The van der Waals surface area contributed by atoms with Gasteiger partial charge < -0.3 is 5.73 Å². The normalized spacial score (nSPS) is 20.4. The summed E-state index contributed by atoms with van der Waals surface area (Å²) >= 11 is 1.26. The molecule has 0 saturated heterocycles. The van der Waals surface area contributed by atoms with E-state index >= 15 is 0 Å². The van der Waals surface area contributed by atoms with Crippen LogP contribution in [0.3, 0.4) is 0 Å². The molecule has 76 valence electrons. The van der Waals surface area contributed by atoms with E-state index < -0.39 is 0 Å². The maximum absolute atomic E-state index is 10.5. The molecule has 1 aromatic rings. The first-order valence-electron chi connectivity index (χ1n) is 4.56. The predicted molar refractivity (Wildman–Crippen MR) is 55.5 cm³/mol. The molecule has 1 saturated carbocycles. The van der Waals surface area contributed by atoms with Crippen molar-refractivity contribution in [2.75, 3.05) is 0 Å². The summed E-state index contributed by atoms with van der Waals surface area (Å²) < 4.78 is 0. The van der Waals surface area contributed by atoms with Crippen molar-refractivity contribution < 1.29 is 4.92 Å². The Kier molecular flexibility index (Phi) is 2.08. The van der Waals surface area contributed by atoms with Crippen LogP contribution in [-0.4, -0.2) is 11.0 Å². The molecule has 4 nitrogen and oxygen atoms in total. The average Bonchev–Trinajstić information content (AvgIpc) is 2.77. The number of nitrogens with two attached hydrogens (primary N) is 1. The lowest BCUT2D eigenvalue weighted by Gasteiger charge is -2.16. The van der Waals surface area contributed by atoms with Crippen molar-refractivity contribution in [1.29, 1.82) is 0 Å². The Balaban J connectivity index is 2.29. The first-order valence-corrected chi connectivity index (χ1v) is 5.38. The van der Waals surface area contributed by atoms with E-state index in [1.807, 2.05) is 13.0 Å². The Hall–Kier alpha value is -0.940. The standard InChI is InChI=1S/C9H12N2O2S/c1-6(10)9(4-5-9)7-2-3-8(14-7)11(12)13/h2-3,6H,4-5,10H2,1H3. The molecule has 1 atom stereocenters. The summed E-state index contributed by atoms with van der Waals surface area (Å²) in [5.41, 5.74) is 5.93. The average molecular weight is 212 g/mol. The molecule has 0 spiro atoms. The van der Waals surface area contributed by atoms with Crippen molar-refractivity contribution in [3.05, 3.63) is 27.1 Å². The number of hydrogen-bond acceptors (Lipinski definition) is 4. The predicted octanol–water partition coefficient (Wildman–Crippen LogP) is 2.04. The molecule has 5 heteroatoms. The highest BCUT2D eigenvalue weighted by Gasteiger charge is 2.48. The zero-order valence-electron chi connectivity index (χ0n) is 7.90. The first-order chi connectivity index (χ1) is 6.56. The highest BCUT2D eigenvalue weighted by Crippen LogP contribution is 2.53. The van der Waals surface area contributed by atoms with E-state index in [0.29, 0.717) is 0 Å². The lowest BCUT2D eigenvalue weighted by molar-refractivity contribution is -0.380. The molecular weight excluding hydrogens is 200 g/mol. The van der Waals surface area contributed by atoms with Gasteiger partial charge in [0.2, 0.25) is 0 Å². The Morgan fingerprint density at radius 2 is 2.29 bits per heavy atom. The van der Waals surface area contributed by atoms with Gasteiger partial charge in [-0.2, -0.15) is 0 Å². The van der Waals surface area contributed by atoms with Gasteiger partial charge in [-0.15, -0.1) is 0 Å². The van der Waals surface area contributed by atoms with Crippen molar-refractivity contribution >= 4 is 16.3 Å². The highest BCUT2D eigenvalue weighted by molar-refractivity contribution is 7.15. The summed E-state index contributed by atoms with van der Waals surface area (Å²) in [7, 11) is 0. The topological polar surface area (TPSA) is 69.2 Å². The number of nitro groups is 1. The molecule has 0 radical (unpaired) electrons. The van der Waals surface area contributed by atoms with Gasteiger partial charge in [0, 0.05) is 22.4 Å². The van der Waals surface area contributed by atoms with E-state index in [2.05, 4.69) is 0 Å². The fraction of sp³-hybridized carbons (Fsp3) is 0.556. The minimum atomic E-state index is -0.342. The molecule has 1 aliphatic rings. The van der Waals surface area contributed by atoms with E-state index in [-0.39, 0.29) is 21.4 Å². The van der Waals surface area contributed by atoms with Crippen LogP contribution in [-0.2, 0) is 5.41 Å². The van der Waals surface area contributed by atoms with E-state index in [1.54, 1.807) is 6.07 Å². The van der Waals surface area contributed by atoms with Crippen LogP contribution in [0, 0.1) is 10.1 Å². The Morgan fingerprint density at radius 1 is 1.64 bits per heavy atom. The van der Waals surface area contributed by atoms with Gasteiger partial charge in [-0.25, -0.2) is 0 Å². The van der Waals surface area contributed by atoms with Gasteiger partial charge in [0.25, 0.3) is 0 Å². The van der Waals surface area contributed by atoms with Crippen LogP contribution in [0.5, 0.6) is 0 Å². The van der Waals surface area contributed by atoms with Crippen LogP contribution < -0.4 is 5.73 Å². The van der Waals surface area contributed by atoms with Crippen LogP contribution in [0.2, 0.25) is 0 Å². The second-order valence-corrected chi connectivity index (χ2v) is 4.90. The molecule has 1 heterocycles. The molecule has 14 heavy (non-hydrogen) atoms. The number of thiophene rings is 1. The zero-order valence-corrected chi connectivity index (χ0v) is 8.71. The van der Waals surface area contributed by atoms with Crippen LogP contribution in [0.1, 0.15) is 24.6 Å². The fourth-order valence-corrected chi connectivity index (χ4v) is 2.92. The van der Waals surface area contributed by atoms with Crippen LogP contribution in [0.15, 0.2) is 12.1 Å². The van der Waals surface area contributed by atoms with Crippen molar-refractivity contribution in [1.82, 2.24) is 0 Å². The van der Waals surface area contributed by atoms with E-state index in [9.17, 15) is 10.1 Å². The number of rotatable bonds is 3. The molecule has 0 amide bonds. The third-order valence-corrected chi connectivity index (χ3v) is 4.18. The van der Waals surface area contributed by atoms with Crippen LogP contribution >= 0.6 is 11.3 Å². The Labute approximate surface area is 85.9 Å². The van der Waals surface area contributed by atoms with Crippen molar-refractivity contribution in [3.63, 3.8) is 0 Å². The zero-order chi connectivity index (χ0) is 10.3. The Morgan fingerprint density at radius 3 is 2.64 bits per heavy atom. The Bertz CT molecular complexity index is 369. The van der Waals surface area contributed by atoms with Gasteiger partial charge in [-0.3, -0.25) is 10.1 Å². The molecular formula is C9H12N2O2S. The number of hydrogen-bond donors (Lipinski definition) is 1. The summed E-state index contributed by atoms with van der Waals surface area (Å²) in [4.78, 5) is 11.2. The van der Waals surface area contributed by atoms with Gasteiger partial charge in [-0.1, -0.05) is 11.3 Å². The van der Waals surface area contributed by atoms with E-state index in [0.717, 1.165) is 17.7 Å². The van der Waals surface area contributed by atoms with Gasteiger partial charge >= 0.3 is 5.00 Å². The number of nitrogens with zero attached hydrogens (tertiary/aromatic N) is 1. The van der Waals surface area contributed by atoms with Gasteiger partial charge in [0.15, 0.2) is 0 Å². The molecule has 2 rings (SSSR count). The van der Waals surface area contributed by atoms with Crippen LogP contribution in [0.4, 0.5) is 5.00 Å². The quantitative estimate of drug-likeness (QED) is 0.615. The summed E-state index contributed by atoms with van der Waals surface area (Å²) in [6, 6.07) is 3.50. The lowest BCUT2D eigenvalue weighted by Crippen LogP contribution is -2.30. The third kappa shape index (κ3) is 1.33. The summed E-state index contributed by atoms with van der Waals surface area (Å²) in [5, 5.41) is 10.7. The molecule has 1 aliphatic carbocycles. The van der Waals surface area contributed by atoms with E-state index in [4.69, 9.17) is 5.73 Å². The van der Waals surface area contributed by atoms with Gasteiger partial charge in [0.1, 0.15) is 0 Å². The molecule has 1 unspecified atom stereocenters. The molecule has 0 bridgehead atoms. The summed E-state index contributed by atoms with van der Waals surface area (Å²) in [6.07, 6.45) is 2.12. The summed E-state index contributed by atoms with van der Waals surface area (Å²) in [6.45, 7) is 1.97. The molecule has 0 aromatic carbocycles. The molecule has 0 aliphatic heterocycles. The minimum absolute atomic E-state index is 0.0406. The third-order valence-electron chi connectivity index (χ3n) is 2.92. The largest absolute Gasteiger partial charge is 0.327 e. The van der Waals surface area contributed by atoms with Crippen molar-refractivity contribution in [3.8, 4) is 0 Å². The maximum Gasteiger partial charge on any atom is 0.324 e. The molecule has 1 aromatic heterocycles. The van der Waals surface area contributed by atoms with E-state index in [1.165, 1.54) is 11.3 Å². The van der Waals surface area contributed by atoms with Crippen molar-refractivity contribution in [2.45, 2.75) is 31.2 Å². The highest BCUT2D eigenvalue weighted by atomic mass is 32.1. The summed E-state index contributed by atoms with van der Waals surface area (Å²) in [5.74, 6) is 0. The van der Waals surface area contributed by atoms with Gasteiger partial charge in [0.05, 0.1) is 4.92 Å². The first kappa shape index (κ1) is 9.61. The second kappa shape index (κ2) is 3.03. The minimum Gasteiger partial charge on any atom is -0.327 e. The molecule has 1 fully saturated rings. The monoisotopic (exact) mass is 212 g/mol. The lowest BCUT2D eigenvalue weighted by atomic mass is 9.97. The van der Waals surface area contributed by atoms with Crippen LogP contribution in [0.25, 0.3) is 0 Å².